The molecule has 8 heteroatoms. The number of benzene rings is 1. The summed E-state index contributed by atoms with van der Waals surface area (Å²) >= 11 is 5.67. The van der Waals surface area contributed by atoms with Gasteiger partial charge in [-0.2, -0.15) is 0 Å². The van der Waals surface area contributed by atoms with Crippen molar-refractivity contribution in [3.05, 3.63) is 29.0 Å². The zero-order valence-corrected chi connectivity index (χ0v) is 10.7. The minimum atomic E-state index is -0.974. The lowest BCUT2D eigenvalue weighted by molar-refractivity contribution is -0.141. The summed E-state index contributed by atoms with van der Waals surface area (Å²) in [6.07, 6.45) is 0. The first-order chi connectivity index (χ1) is 8.99. The van der Waals surface area contributed by atoms with Crippen molar-refractivity contribution in [3.63, 3.8) is 0 Å². The fourth-order valence-electron chi connectivity index (χ4n) is 1.53. The van der Waals surface area contributed by atoms with E-state index >= 15 is 0 Å². The highest BCUT2D eigenvalue weighted by Gasteiger charge is 2.18. The van der Waals surface area contributed by atoms with E-state index in [-0.39, 0.29) is 23.0 Å². The molecule has 0 aliphatic rings. The normalized spacial score (nSPS) is 12.4. The van der Waals surface area contributed by atoms with Gasteiger partial charge in [-0.3, -0.25) is 4.79 Å². The number of rotatable bonds is 4. The van der Waals surface area contributed by atoms with Gasteiger partial charge in [0.15, 0.2) is 5.82 Å². The van der Waals surface area contributed by atoms with Crippen LogP contribution in [0.3, 0.4) is 0 Å². The van der Waals surface area contributed by atoms with Crippen molar-refractivity contribution in [2.75, 3.05) is 0 Å². The Kier molecular flexibility index (Phi) is 3.75. The SMILES string of the molecule is CC(Cn1nnnc1-c1ccc(Cl)cc1F)C(=O)O. The molecule has 1 N–H and O–H groups in total. The monoisotopic (exact) mass is 284 g/mol. The van der Waals surface area contributed by atoms with Crippen LogP contribution in [-0.2, 0) is 11.3 Å². The topological polar surface area (TPSA) is 80.9 Å². The number of hydrogen-bond donors (Lipinski definition) is 1. The van der Waals surface area contributed by atoms with Gasteiger partial charge in [0, 0.05) is 5.02 Å². The van der Waals surface area contributed by atoms with Crippen molar-refractivity contribution >= 4 is 17.6 Å². The van der Waals surface area contributed by atoms with Crippen molar-refractivity contribution in [2.24, 2.45) is 5.92 Å². The van der Waals surface area contributed by atoms with Crippen LogP contribution in [0.2, 0.25) is 5.02 Å². The molecule has 1 aromatic heterocycles. The van der Waals surface area contributed by atoms with Gasteiger partial charge in [-0.15, -0.1) is 5.10 Å². The summed E-state index contributed by atoms with van der Waals surface area (Å²) in [7, 11) is 0. The fourth-order valence-corrected chi connectivity index (χ4v) is 1.69. The first-order valence-corrected chi connectivity index (χ1v) is 5.81. The highest BCUT2D eigenvalue weighted by Crippen LogP contribution is 2.23. The van der Waals surface area contributed by atoms with Crippen molar-refractivity contribution in [1.82, 2.24) is 20.2 Å². The number of tetrazole rings is 1. The number of carboxylic acid groups (broad SMARTS) is 1. The Labute approximate surface area is 112 Å². The maximum atomic E-state index is 13.8. The average molecular weight is 285 g/mol. The van der Waals surface area contributed by atoms with Gasteiger partial charge in [0.05, 0.1) is 18.0 Å². The van der Waals surface area contributed by atoms with E-state index in [0.717, 1.165) is 6.07 Å². The molecule has 1 aromatic carbocycles. The second-order valence-corrected chi connectivity index (χ2v) is 4.48. The summed E-state index contributed by atoms with van der Waals surface area (Å²) in [5.41, 5.74) is 0.173. The molecule has 0 amide bonds. The van der Waals surface area contributed by atoms with E-state index in [9.17, 15) is 9.18 Å². The fraction of sp³-hybridized carbons (Fsp3) is 0.273. The molecule has 0 radical (unpaired) electrons. The number of aromatic nitrogens is 4. The first-order valence-electron chi connectivity index (χ1n) is 5.43. The first kappa shape index (κ1) is 13.4. The number of carboxylic acids is 1. The molecule has 1 atom stereocenters. The molecule has 0 fully saturated rings. The van der Waals surface area contributed by atoms with E-state index in [1.165, 1.54) is 23.7 Å². The minimum absolute atomic E-state index is 0.0553. The van der Waals surface area contributed by atoms with Crippen molar-refractivity contribution in [1.29, 1.82) is 0 Å². The van der Waals surface area contributed by atoms with E-state index in [1.807, 2.05) is 0 Å². The molecule has 100 valence electrons. The molecule has 0 aliphatic heterocycles. The second-order valence-electron chi connectivity index (χ2n) is 4.05. The molecule has 0 aliphatic carbocycles. The van der Waals surface area contributed by atoms with Crippen LogP contribution in [0, 0.1) is 11.7 Å². The standard InChI is InChI=1S/C11H10ClFN4O2/c1-6(11(18)19)5-17-10(14-15-16-17)8-3-2-7(12)4-9(8)13/h2-4,6H,5H2,1H3,(H,18,19). The Morgan fingerprint density at radius 2 is 2.32 bits per heavy atom. The van der Waals surface area contributed by atoms with Gasteiger partial charge in [0.2, 0.25) is 0 Å². The van der Waals surface area contributed by atoms with Crippen LogP contribution in [-0.4, -0.2) is 31.3 Å². The molecule has 19 heavy (non-hydrogen) atoms. The molecule has 0 spiro atoms. The number of hydrogen-bond acceptors (Lipinski definition) is 4. The summed E-state index contributed by atoms with van der Waals surface area (Å²) in [5.74, 6) is -2.05. The highest BCUT2D eigenvalue weighted by atomic mass is 35.5. The molecule has 6 nitrogen and oxygen atoms in total. The molecule has 1 heterocycles. The van der Waals surface area contributed by atoms with Gasteiger partial charge >= 0.3 is 5.97 Å². The number of carbonyl (C=O) groups is 1. The Morgan fingerprint density at radius 3 is 2.95 bits per heavy atom. The zero-order valence-electron chi connectivity index (χ0n) is 9.92. The Bertz CT molecular complexity index is 616. The predicted molar refractivity (Wildman–Crippen MR) is 65.0 cm³/mol. The van der Waals surface area contributed by atoms with Crippen molar-refractivity contribution in [3.8, 4) is 11.4 Å². The summed E-state index contributed by atoms with van der Waals surface area (Å²) in [4.78, 5) is 10.8. The third-order valence-corrected chi connectivity index (χ3v) is 2.81. The Balaban J connectivity index is 2.36. The minimum Gasteiger partial charge on any atom is -0.481 e. The van der Waals surface area contributed by atoms with E-state index in [2.05, 4.69) is 15.5 Å². The van der Waals surface area contributed by atoms with Gasteiger partial charge in [0.25, 0.3) is 0 Å². The quantitative estimate of drug-likeness (QED) is 0.927. The molecule has 1 unspecified atom stereocenters. The van der Waals surface area contributed by atoms with Crippen LogP contribution >= 0.6 is 11.6 Å². The third-order valence-electron chi connectivity index (χ3n) is 2.57. The highest BCUT2D eigenvalue weighted by molar-refractivity contribution is 6.30. The molecule has 0 saturated carbocycles. The lowest BCUT2D eigenvalue weighted by Crippen LogP contribution is -2.18. The number of aliphatic carboxylic acids is 1. The van der Waals surface area contributed by atoms with Crippen LogP contribution in [0.4, 0.5) is 4.39 Å². The van der Waals surface area contributed by atoms with Gasteiger partial charge in [-0.1, -0.05) is 18.5 Å². The molecule has 2 rings (SSSR count). The summed E-state index contributed by atoms with van der Waals surface area (Å²) in [6.45, 7) is 1.58. The maximum absolute atomic E-state index is 13.8. The van der Waals surface area contributed by atoms with Crippen LogP contribution in [0.15, 0.2) is 18.2 Å². The lowest BCUT2D eigenvalue weighted by atomic mass is 10.1. The number of halogens is 2. The average Bonchev–Trinajstić information content (AvgIpc) is 2.77. The Hall–Kier alpha value is -2.02. The van der Waals surface area contributed by atoms with Crippen LogP contribution < -0.4 is 0 Å². The molecular formula is C11H10ClFN4O2. The third kappa shape index (κ3) is 2.87. The van der Waals surface area contributed by atoms with Gasteiger partial charge < -0.3 is 5.11 Å². The van der Waals surface area contributed by atoms with Gasteiger partial charge in [0.1, 0.15) is 5.82 Å². The molecule has 0 bridgehead atoms. The van der Waals surface area contributed by atoms with Crippen LogP contribution in [0.5, 0.6) is 0 Å². The molecule has 0 saturated heterocycles. The second kappa shape index (κ2) is 5.31. The molecular weight excluding hydrogens is 275 g/mol. The summed E-state index contributed by atoms with van der Waals surface area (Å²) in [5, 5.41) is 20.0. The maximum Gasteiger partial charge on any atom is 0.308 e. The largest absolute Gasteiger partial charge is 0.481 e. The van der Waals surface area contributed by atoms with E-state index in [1.54, 1.807) is 0 Å². The van der Waals surface area contributed by atoms with Crippen molar-refractivity contribution < 1.29 is 14.3 Å². The Morgan fingerprint density at radius 1 is 1.58 bits per heavy atom. The van der Waals surface area contributed by atoms with Crippen LogP contribution in [0.25, 0.3) is 11.4 Å². The predicted octanol–water partition coefficient (Wildman–Crippen LogP) is 1.85. The lowest BCUT2D eigenvalue weighted by Gasteiger charge is -2.08. The number of nitrogens with zero attached hydrogens (tertiary/aromatic N) is 4. The zero-order chi connectivity index (χ0) is 14.0. The smallest absolute Gasteiger partial charge is 0.308 e. The van der Waals surface area contributed by atoms with Crippen LogP contribution in [0.1, 0.15) is 6.92 Å². The van der Waals surface area contributed by atoms with Crippen molar-refractivity contribution in [2.45, 2.75) is 13.5 Å². The summed E-state index contributed by atoms with van der Waals surface area (Å²) in [6, 6.07) is 4.11. The summed E-state index contributed by atoms with van der Waals surface area (Å²) < 4.78 is 15.0. The van der Waals surface area contributed by atoms with E-state index in [0.29, 0.717) is 0 Å². The van der Waals surface area contributed by atoms with Gasteiger partial charge in [-0.05, 0) is 28.6 Å². The molecule has 2 aromatic rings. The van der Waals surface area contributed by atoms with Gasteiger partial charge in [-0.25, -0.2) is 9.07 Å². The van der Waals surface area contributed by atoms with E-state index in [4.69, 9.17) is 16.7 Å². The van der Waals surface area contributed by atoms with E-state index < -0.39 is 17.7 Å².